The van der Waals surface area contributed by atoms with Gasteiger partial charge in [-0.25, -0.2) is 0 Å². The van der Waals surface area contributed by atoms with Gasteiger partial charge in [-0.2, -0.15) is 13.2 Å². The van der Waals surface area contributed by atoms with Crippen molar-refractivity contribution < 1.29 is 17.6 Å². The van der Waals surface area contributed by atoms with E-state index in [1.54, 1.807) is 6.20 Å². The summed E-state index contributed by atoms with van der Waals surface area (Å²) in [4.78, 5) is 6.43. The zero-order valence-electron chi connectivity index (χ0n) is 12.5. The first-order valence-electron chi connectivity index (χ1n) is 7.54. The van der Waals surface area contributed by atoms with Crippen LogP contribution in [0.2, 0.25) is 0 Å². The lowest BCUT2D eigenvalue weighted by Crippen LogP contribution is -2.33. The van der Waals surface area contributed by atoms with Crippen LogP contribution in [-0.4, -0.2) is 32.8 Å². The molecule has 2 aromatic heterocycles. The SMILES string of the molecule is FC(F)(F)Cc1nnc(C2CCCCN2Cc2ccccn2)o1. The zero-order chi connectivity index (χ0) is 16.3. The molecule has 23 heavy (non-hydrogen) atoms. The number of hydrogen-bond donors (Lipinski definition) is 0. The molecule has 1 fully saturated rings. The molecule has 0 radical (unpaired) electrons. The summed E-state index contributed by atoms with van der Waals surface area (Å²) in [7, 11) is 0. The van der Waals surface area contributed by atoms with Crippen LogP contribution in [0.3, 0.4) is 0 Å². The van der Waals surface area contributed by atoms with Crippen molar-refractivity contribution in [2.24, 2.45) is 0 Å². The van der Waals surface area contributed by atoms with Crippen molar-refractivity contribution >= 4 is 0 Å². The molecule has 8 heteroatoms. The fourth-order valence-corrected chi connectivity index (χ4v) is 2.80. The highest BCUT2D eigenvalue weighted by atomic mass is 19.4. The average molecular weight is 326 g/mol. The van der Waals surface area contributed by atoms with Crippen LogP contribution < -0.4 is 0 Å². The standard InChI is InChI=1S/C15H17F3N4O/c16-15(17,18)9-13-20-21-14(23-13)12-6-2-4-8-22(12)10-11-5-1-3-7-19-11/h1,3,5,7,12H,2,4,6,8-10H2. The van der Waals surface area contributed by atoms with Gasteiger partial charge in [0.1, 0.15) is 6.42 Å². The summed E-state index contributed by atoms with van der Waals surface area (Å²) in [5.41, 5.74) is 0.912. The minimum atomic E-state index is -4.34. The largest absolute Gasteiger partial charge is 0.423 e. The topological polar surface area (TPSA) is 55.1 Å². The van der Waals surface area contributed by atoms with E-state index < -0.39 is 12.6 Å². The summed E-state index contributed by atoms with van der Waals surface area (Å²) < 4.78 is 42.5. The van der Waals surface area contributed by atoms with Crippen LogP contribution in [0.1, 0.15) is 42.8 Å². The molecule has 0 saturated carbocycles. The third kappa shape index (κ3) is 4.28. The van der Waals surface area contributed by atoms with E-state index in [0.29, 0.717) is 6.54 Å². The molecule has 1 aliphatic heterocycles. The van der Waals surface area contributed by atoms with E-state index in [1.807, 2.05) is 18.2 Å². The second-order valence-corrected chi connectivity index (χ2v) is 5.63. The van der Waals surface area contributed by atoms with Crippen molar-refractivity contribution in [1.29, 1.82) is 0 Å². The second-order valence-electron chi connectivity index (χ2n) is 5.63. The molecule has 1 atom stereocenters. The number of halogens is 3. The molecule has 0 N–H and O–H groups in total. The Morgan fingerprint density at radius 2 is 2.09 bits per heavy atom. The van der Waals surface area contributed by atoms with E-state index in [1.165, 1.54) is 0 Å². The number of hydrogen-bond acceptors (Lipinski definition) is 5. The first-order chi connectivity index (χ1) is 11.0. The molecule has 2 aromatic rings. The number of pyridine rings is 1. The molecule has 124 valence electrons. The Labute approximate surface area is 131 Å². The van der Waals surface area contributed by atoms with Gasteiger partial charge >= 0.3 is 6.18 Å². The van der Waals surface area contributed by atoms with E-state index >= 15 is 0 Å². The Morgan fingerprint density at radius 1 is 1.22 bits per heavy atom. The molecule has 0 aliphatic carbocycles. The lowest BCUT2D eigenvalue weighted by molar-refractivity contribution is -0.131. The molecule has 1 unspecified atom stereocenters. The number of piperidine rings is 1. The van der Waals surface area contributed by atoms with Gasteiger partial charge in [0, 0.05) is 12.7 Å². The molecule has 3 heterocycles. The summed E-state index contributed by atoms with van der Waals surface area (Å²) in [6, 6.07) is 5.53. The Bertz CT molecular complexity index is 629. The number of aromatic nitrogens is 3. The van der Waals surface area contributed by atoms with E-state index in [0.717, 1.165) is 31.5 Å². The Balaban J connectivity index is 1.73. The zero-order valence-corrected chi connectivity index (χ0v) is 12.5. The van der Waals surface area contributed by atoms with Crippen molar-refractivity contribution in [3.63, 3.8) is 0 Å². The van der Waals surface area contributed by atoms with E-state index in [-0.39, 0.29) is 17.8 Å². The van der Waals surface area contributed by atoms with Crippen molar-refractivity contribution in [2.75, 3.05) is 6.54 Å². The van der Waals surface area contributed by atoms with Gasteiger partial charge in [-0.15, -0.1) is 10.2 Å². The first-order valence-corrected chi connectivity index (χ1v) is 7.54. The fraction of sp³-hybridized carbons (Fsp3) is 0.533. The molecular weight excluding hydrogens is 309 g/mol. The molecule has 0 spiro atoms. The van der Waals surface area contributed by atoms with E-state index in [9.17, 15) is 13.2 Å². The average Bonchev–Trinajstić information content (AvgIpc) is 2.95. The maximum absolute atomic E-state index is 12.4. The molecule has 3 rings (SSSR count). The smallest absolute Gasteiger partial charge is 0.397 e. The van der Waals surface area contributed by atoms with Crippen LogP contribution in [0, 0.1) is 0 Å². The van der Waals surface area contributed by atoms with Crippen molar-refractivity contribution in [1.82, 2.24) is 20.1 Å². The van der Waals surface area contributed by atoms with Crippen LogP contribution in [0.25, 0.3) is 0 Å². The summed E-state index contributed by atoms with van der Waals surface area (Å²) in [6.45, 7) is 1.45. The first kappa shape index (κ1) is 15.9. The summed E-state index contributed by atoms with van der Waals surface area (Å²) in [5.74, 6) is -0.115. The lowest BCUT2D eigenvalue weighted by atomic mass is 10.0. The minimum absolute atomic E-state index is 0.153. The minimum Gasteiger partial charge on any atom is -0.423 e. The lowest BCUT2D eigenvalue weighted by Gasteiger charge is -2.33. The number of rotatable bonds is 4. The molecule has 1 saturated heterocycles. The van der Waals surface area contributed by atoms with Crippen molar-refractivity contribution in [3.8, 4) is 0 Å². The molecular formula is C15H17F3N4O. The summed E-state index contributed by atoms with van der Waals surface area (Å²) >= 11 is 0. The van der Waals surface area contributed by atoms with Crippen LogP contribution in [0.4, 0.5) is 13.2 Å². The van der Waals surface area contributed by atoms with Gasteiger partial charge in [0.05, 0.1) is 11.7 Å². The molecule has 0 bridgehead atoms. The third-order valence-corrected chi connectivity index (χ3v) is 3.82. The predicted molar refractivity (Wildman–Crippen MR) is 75.3 cm³/mol. The van der Waals surface area contributed by atoms with Crippen LogP contribution in [-0.2, 0) is 13.0 Å². The summed E-state index contributed by atoms with van der Waals surface area (Å²) in [5, 5.41) is 7.38. The maximum atomic E-state index is 12.4. The quantitative estimate of drug-likeness (QED) is 0.863. The highest BCUT2D eigenvalue weighted by Crippen LogP contribution is 2.32. The van der Waals surface area contributed by atoms with Gasteiger partial charge in [-0.1, -0.05) is 12.5 Å². The van der Waals surface area contributed by atoms with Gasteiger partial charge in [-0.05, 0) is 31.5 Å². The van der Waals surface area contributed by atoms with Gasteiger partial charge in [0.15, 0.2) is 0 Å². The maximum Gasteiger partial charge on any atom is 0.397 e. The number of likely N-dealkylation sites (tertiary alicyclic amines) is 1. The van der Waals surface area contributed by atoms with E-state index in [2.05, 4.69) is 20.1 Å². The van der Waals surface area contributed by atoms with E-state index in [4.69, 9.17) is 4.42 Å². The van der Waals surface area contributed by atoms with Crippen molar-refractivity contribution in [3.05, 3.63) is 41.9 Å². The Morgan fingerprint density at radius 3 is 2.83 bits per heavy atom. The van der Waals surface area contributed by atoms with Gasteiger partial charge < -0.3 is 4.42 Å². The fourth-order valence-electron chi connectivity index (χ4n) is 2.80. The normalized spacial score (nSPS) is 19.9. The van der Waals surface area contributed by atoms with Crippen LogP contribution >= 0.6 is 0 Å². The predicted octanol–water partition coefficient (Wildman–Crippen LogP) is 3.30. The Hall–Kier alpha value is -1.96. The summed E-state index contributed by atoms with van der Waals surface area (Å²) in [6.07, 6.45) is -0.993. The van der Waals surface area contributed by atoms with Crippen molar-refractivity contribution in [2.45, 2.75) is 44.4 Å². The highest BCUT2D eigenvalue weighted by Gasteiger charge is 2.33. The highest BCUT2D eigenvalue weighted by molar-refractivity contribution is 5.05. The van der Waals surface area contributed by atoms with Gasteiger partial charge in [-0.3, -0.25) is 9.88 Å². The molecule has 0 aromatic carbocycles. The third-order valence-electron chi connectivity index (χ3n) is 3.82. The number of alkyl halides is 3. The van der Waals surface area contributed by atoms with Gasteiger partial charge in [0.25, 0.3) is 0 Å². The number of nitrogens with zero attached hydrogens (tertiary/aromatic N) is 4. The van der Waals surface area contributed by atoms with Crippen LogP contribution in [0.5, 0.6) is 0 Å². The Kier molecular flexibility index (Phi) is 4.61. The van der Waals surface area contributed by atoms with Gasteiger partial charge in [0.2, 0.25) is 11.8 Å². The van der Waals surface area contributed by atoms with Crippen LogP contribution in [0.15, 0.2) is 28.8 Å². The molecule has 1 aliphatic rings. The second kappa shape index (κ2) is 6.66. The molecule has 0 amide bonds. The molecule has 5 nitrogen and oxygen atoms in total. The monoisotopic (exact) mass is 326 g/mol.